The first-order chi connectivity index (χ1) is 6.25. The number of nitrogens with one attached hydrogen (secondary N) is 1. The van der Waals surface area contributed by atoms with E-state index >= 15 is 0 Å². The van der Waals surface area contributed by atoms with E-state index < -0.39 is 0 Å². The first-order valence-electron chi connectivity index (χ1n) is 5.67. The molecule has 1 fully saturated rings. The highest BCUT2D eigenvalue weighted by Gasteiger charge is 2.19. The van der Waals surface area contributed by atoms with Gasteiger partial charge in [-0.3, -0.25) is 4.90 Å². The highest BCUT2D eigenvalue weighted by molar-refractivity contribution is 4.77. The first-order valence-corrected chi connectivity index (χ1v) is 5.67. The molecule has 1 rings (SSSR count). The second-order valence-corrected chi connectivity index (χ2v) is 4.27. The van der Waals surface area contributed by atoms with Gasteiger partial charge in [-0.05, 0) is 46.8 Å². The largest absolute Gasteiger partial charge is 0.316 e. The van der Waals surface area contributed by atoms with Crippen LogP contribution in [-0.4, -0.2) is 37.1 Å². The van der Waals surface area contributed by atoms with Crippen molar-refractivity contribution in [3.05, 3.63) is 0 Å². The van der Waals surface area contributed by atoms with Crippen LogP contribution >= 0.6 is 0 Å². The number of rotatable bonds is 3. The molecule has 0 aromatic carbocycles. The quantitative estimate of drug-likeness (QED) is 0.720. The zero-order valence-electron chi connectivity index (χ0n) is 9.34. The fraction of sp³-hybridized carbons (Fsp3) is 1.00. The van der Waals surface area contributed by atoms with Crippen LogP contribution in [0.5, 0.6) is 0 Å². The van der Waals surface area contributed by atoms with E-state index in [9.17, 15) is 0 Å². The van der Waals surface area contributed by atoms with Crippen LogP contribution in [0.4, 0.5) is 0 Å². The fourth-order valence-corrected chi connectivity index (χ4v) is 2.06. The second-order valence-electron chi connectivity index (χ2n) is 4.27. The molecule has 0 radical (unpaired) electrons. The minimum atomic E-state index is 0.609. The summed E-state index contributed by atoms with van der Waals surface area (Å²) in [6, 6.07) is 1.29. The molecule has 1 saturated heterocycles. The highest BCUT2D eigenvalue weighted by atomic mass is 15.2. The summed E-state index contributed by atoms with van der Waals surface area (Å²) in [7, 11) is 2.05. The number of hydrogen-bond acceptors (Lipinski definition) is 2. The SMILES string of the molecule is CNC(C)C(C)N1CCCCCC1. The molecule has 0 aliphatic carbocycles. The van der Waals surface area contributed by atoms with E-state index in [-0.39, 0.29) is 0 Å². The third-order valence-electron chi connectivity index (χ3n) is 3.40. The lowest BCUT2D eigenvalue weighted by Crippen LogP contribution is -2.46. The van der Waals surface area contributed by atoms with Crippen molar-refractivity contribution in [2.75, 3.05) is 20.1 Å². The predicted molar refractivity (Wildman–Crippen MR) is 58.0 cm³/mol. The molecule has 2 nitrogen and oxygen atoms in total. The summed E-state index contributed by atoms with van der Waals surface area (Å²) in [5.41, 5.74) is 0. The summed E-state index contributed by atoms with van der Waals surface area (Å²) in [6.45, 7) is 7.21. The minimum absolute atomic E-state index is 0.609. The van der Waals surface area contributed by atoms with Crippen molar-refractivity contribution in [2.24, 2.45) is 0 Å². The van der Waals surface area contributed by atoms with Crippen LogP contribution in [0.1, 0.15) is 39.5 Å². The summed E-state index contributed by atoms with van der Waals surface area (Å²) in [5, 5.41) is 3.34. The number of likely N-dealkylation sites (N-methyl/N-ethyl adjacent to an activating group) is 1. The summed E-state index contributed by atoms with van der Waals surface area (Å²) < 4.78 is 0. The summed E-state index contributed by atoms with van der Waals surface area (Å²) in [6.07, 6.45) is 5.63. The number of hydrogen-bond donors (Lipinski definition) is 1. The average Bonchev–Trinajstić information content (AvgIpc) is 2.43. The lowest BCUT2D eigenvalue weighted by Gasteiger charge is -2.31. The van der Waals surface area contributed by atoms with Gasteiger partial charge >= 0.3 is 0 Å². The zero-order valence-corrected chi connectivity index (χ0v) is 9.34. The molecule has 2 atom stereocenters. The van der Waals surface area contributed by atoms with Crippen molar-refractivity contribution < 1.29 is 0 Å². The molecule has 0 saturated carbocycles. The van der Waals surface area contributed by atoms with E-state index in [1.807, 2.05) is 0 Å². The Kier molecular flexibility index (Phi) is 4.74. The van der Waals surface area contributed by atoms with E-state index in [2.05, 4.69) is 31.1 Å². The van der Waals surface area contributed by atoms with Gasteiger partial charge in [0.15, 0.2) is 0 Å². The standard InChI is InChI=1S/C11H24N2/c1-10(12-3)11(2)13-8-6-4-5-7-9-13/h10-12H,4-9H2,1-3H3. The summed E-state index contributed by atoms with van der Waals surface area (Å²) in [4.78, 5) is 2.63. The summed E-state index contributed by atoms with van der Waals surface area (Å²) >= 11 is 0. The van der Waals surface area contributed by atoms with Gasteiger partial charge in [-0.1, -0.05) is 12.8 Å². The van der Waals surface area contributed by atoms with Gasteiger partial charge in [0.25, 0.3) is 0 Å². The molecule has 1 heterocycles. The van der Waals surface area contributed by atoms with Crippen molar-refractivity contribution in [1.82, 2.24) is 10.2 Å². The van der Waals surface area contributed by atoms with Gasteiger partial charge in [-0.25, -0.2) is 0 Å². The molecular formula is C11H24N2. The van der Waals surface area contributed by atoms with Crippen molar-refractivity contribution in [2.45, 2.75) is 51.6 Å². The van der Waals surface area contributed by atoms with Gasteiger partial charge in [0.05, 0.1) is 0 Å². The van der Waals surface area contributed by atoms with Crippen molar-refractivity contribution in [1.29, 1.82) is 0 Å². The average molecular weight is 184 g/mol. The first kappa shape index (κ1) is 11.0. The molecule has 0 amide bonds. The Morgan fingerprint density at radius 3 is 2.00 bits per heavy atom. The summed E-state index contributed by atoms with van der Waals surface area (Å²) in [5.74, 6) is 0. The van der Waals surface area contributed by atoms with Crippen LogP contribution in [0.25, 0.3) is 0 Å². The van der Waals surface area contributed by atoms with Gasteiger partial charge in [-0.2, -0.15) is 0 Å². The van der Waals surface area contributed by atoms with Gasteiger partial charge in [0.1, 0.15) is 0 Å². The Bertz CT molecular complexity index is 128. The van der Waals surface area contributed by atoms with E-state index in [4.69, 9.17) is 0 Å². The molecule has 78 valence electrons. The lowest BCUT2D eigenvalue weighted by molar-refractivity contribution is 0.184. The van der Waals surface area contributed by atoms with Crippen LogP contribution in [0.2, 0.25) is 0 Å². The smallest absolute Gasteiger partial charge is 0.0218 e. The molecule has 1 N–H and O–H groups in total. The molecule has 13 heavy (non-hydrogen) atoms. The molecule has 1 aliphatic rings. The predicted octanol–water partition coefficient (Wildman–Crippen LogP) is 1.86. The van der Waals surface area contributed by atoms with Crippen LogP contribution in [0.15, 0.2) is 0 Å². The maximum Gasteiger partial charge on any atom is 0.0218 e. The second kappa shape index (κ2) is 5.61. The number of likely N-dealkylation sites (tertiary alicyclic amines) is 1. The van der Waals surface area contributed by atoms with Crippen LogP contribution in [0, 0.1) is 0 Å². The van der Waals surface area contributed by atoms with Crippen LogP contribution in [-0.2, 0) is 0 Å². The van der Waals surface area contributed by atoms with E-state index in [0.717, 1.165) is 0 Å². The van der Waals surface area contributed by atoms with E-state index in [0.29, 0.717) is 12.1 Å². The molecule has 0 aromatic heterocycles. The van der Waals surface area contributed by atoms with Crippen LogP contribution in [0.3, 0.4) is 0 Å². The topological polar surface area (TPSA) is 15.3 Å². The Morgan fingerprint density at radius 1 is 1.00 bits per heavy atom. The van der Waals surface area contributed by atoms with Gasteiger partial charge < -0.3 is 5.32 Å². The third kappa shape index (κ3) is 3.28. The Labute approximate surface area is 82.7 Å². The molecular weight excluding hydrogens is 160 g/mol. The van der Waals surface area contributed by atoms with Gasteiger partial charge in [-0.15, -0.1) is 0 Å². The van der Waals surface area contributed by atoms with E-state index in [1.165, 1.54) is 38.8 Å². The zero-order chi connectivity index (χ0) is 9.68. The van der Waals surface area contributed by atoms with Gasteiger partial charge in [0.2, 0.25) is 0 Å². The Hall–Kier alpha value is -0.0800. The van der Waals surface area contributed by atoms with Crippen LogP contribution < -0.4 is 5.32 Å². The van der Waals surface area contributed by atoms with E-state index in [1.54, 1.807) is 0 Å². The molecule has 0 aromatic rings. The Morgan fingerprint density at radius 2 is 1.54 bits per heavy atom. The normalized spacial score (nSPS) is 25.2. The van der Waals surface area contributed by atoms with Crippen molar-refractivity contribution >= 4 is 0 Å². The number of nitrogens with zero attached hydrogens (tertiary/aromatic N) is 1. The third-order valence-corrected chi connectivity index (χ3v) is 3.40. The van der Waals surface area contributed by atoms with Crippen molar-refractivity contribution in [3.63, 3.8) is 0 Å². The lowest BCUT2D eigenvalue weighted by atomic mass is 10.1. The molecule has 0 bridgehead atoms. The fourth-order valence-electron chi connectivity index (χ4n) is 2.06. The van der Waals surface area contributed by atoms with Crippen molar-refractivity contribution in [3.8, 4) is 0 Å². The molecule has 1 aliphatic heterocycles. The minimum Gasteiger partial charge on any atom is -0.316 e. The maximum absolute atomic E-state index is 3.34. The highest BCUT2D eigenvalue weighted by Crippen LogP contribution is 2.13. The molecule has 2 unspecified atom stereocenters. The Balaban J connectivity index is 2.38. The monoisotopic (exact) mass is 184 g/mol. The molecule has 2 heteroatoms. The maximum atomic E-state index is 3.34. The molecule has 0 spiro atoms. The van der Waals surface area contributed by atoms with Gasteiger partial charge in [0, 0.05) is 12.1 Å².